The molecule has 0 aliphatic rings. The van der Waals surface area contributed by atoms with E-state index < -0.39 is 6.10 Å². The lowest BCUT2D eigenvalue weighted by Gasteiger charge is -2.19. The van der Waals surface area contributed by atoms with Crippen molar-refractivity contribution in [3.05, 3.63) is 90.1 Å². The van der Waals surface area contributed by atoms with Crippen LogP contribution in [0.1, 0.15) is 35.4 Å². The van der Waals surface area contributed by atoms with Gasteiger partial charge in [0.15, 0.2) is 5.78 Å². The van der Waals surface area contributed by atoms with E-state index in [-0.39, 0.29) is 11.8 Å². The van der Waals surface area contributed by atoms with Gasteiger partial charge < -0.3 is 20.1 Å². The molecule has 168 valence electrons. The molecule has 0 spiro atoms. The van der Waals surface area contributed by atoms with Crippen molar-refractivity contribution >= 4 is 16.6 Å². The van der Waals surface area contributed by atoms with Crippen molar-refractivity contribution in [1.29, 1.82) is 0 Å². The molecule has 0 fully saturated rings. The van der Waals surface area contributed by atoms with E-state index in [0.717, 1.165) is 35.1 Å². The molecule has 2 unspecified atom stereocenters. The first kappa shape index (κ1) is 23.5. The molecule has 0 aliphatic carbocycles. The van der Waals surface area contributed by atoms with Crippen LogP contribution in [0.5, 0.6) is 5.75 Å². The number of nitrogens with zero attached hydrogens (tertiary/aromatic N) is 1. The normalized spacial score (nSPS) is 13.4. The van der Waals surface area contributed by atoms with E-state index in [4.69, 9.17) is 4.74 Å². The number of fused-ring (bicyclic) bond motifs is 1. The van der Waals surface area contributed by atoms with Gasteiger partial charge in [-0.05, 0) is 50.5 Å². The molecule has 0 saturated carbocycles. The van der Waals surface area contributed by atoms with Gasteiger partial charge in [-0.2, -0.15) is 0 Å². The molecular weight excluding hydrogens is 400 g/mol. The second-order valence-electron chi connectivity index (χ2n) is 8.17. The number of rotatable bonds is 11. The van der Waals surface area contributed by atoms with Crippen LogP contribution in [0.15, 0.2) is 79.0 Å². The summed E-state index contributed by atoms with van der Waals surface area (Å²) in [5, 5.41) is 15.4. The molecule has 0 amide bonds. The third-order valence-corrected chi connectivity index (χ3v) is 5.37. The highest BCUT2D eigenvalue weighted by Gasteiger charge is 2.15. The summed E-state index contributed by atoms with van der Waals surface area (Å²) in [5.41, 5.74) is 1.45. The van der Waals surface area contributed by atoms with Crippen LogP contribution in [-0.4, -0.2) is 49.1 Å². The van der Waals surface area contributed by atoms with Gasteiger partial charge in [-0.3, -0.25) is 4.79 Å². The topological polar surface area (TPSA) is 61.8 Å². The van der Waals surface area contributed by atoms with E-state index in [2.05, 4.69) is 10.2 Å². The van der Waals surface area contributed by atoms with Crippen molar-refractivity contribution in [3.8, 4) is 5.75 Å². The number of hydrogen-bond donors (Lipinski definition) is 2. The van der Waals surface area contributed by atoms with Crippen LogP contribution in [0, 0.1) is 0 Å². The summed E-state index contributed by atoms with van der Waals surface area (Å²) in [6.45, 7) is 3.47. The van der Waals surface area contributed by atoms with Crippen LogP contribution < -0.4 is 10.1 Å². The second-order valence-corrected chi connectivity index (χ2v) is 8.17. The highest BCUT2D eigenvalue weighted by Crippen LogP contribution is 2.29. The Kier molecular flexibility index (Phi) is 8.42. The molecule has 2 N–H and O–H groups in total. The Morgan fingerprint density at radius 2 is 1.72 bits per heavy atom. The summed E-state index contributed by atoms with van der Waals surface area (Å²) in [4.78, 5) is 15.0. The molecule has 0 radical (unpaired) electrons. The zero-order valence-electron chi connectivity index (χ0n) is 19.0. The highest BCUT2D eigenvalue weighted by atomic mass is 16.5. The maximum Gasteiger partial charge on any atom is 0.187 e. The summed E-state index contributed by atoms with van der Waals surface area (Å²) in [5.74, 6) is 0.687. The lowest BCUT2D eigenvalue weighted by molar-refractivity contribution is 0.104. The predicted octanol–water partition coefficient (Wildman–Crippen LogP) is 4.58. The highest BCUT2D eigenvalue weighted by molar-refractivity contribution is 6.14. The fourth-order valence-electron chi connectivity index (χ4n) is 3.57. The van der Waals surface area contributed by atoms with Crippen LogP contribution in [0.2, 0.25) is 0 Å². The molecule has 5 heteroatoms. The Morgan fingerprint density at radius 3 is 2.44 bits per heavy atom. The average molecular weight is 433 g/mol. The first-order valence-electron chi connectivity index (χ1n) is 11.0. The molecule has 0 bridgehead atoms. The Bertz CT molecular complexity index is 1050. The monoisotopic (exact) mass is 432 g/mol. The molecule has 2 atom stereocenters. The zero-order valence-corrected chi connectivity index (χ0v) is 19.0. The van der Waals surface area contributed by atoms with Gasteiger partial charge in [0.1, 0.15) is 5.75 Å². The molecule has 0 saturated heterocycles. The van der Waals surface area contributed by atoms with Gasteiger partial charge in [-0.15, -0.1) is 0 Å². The number of hydrogen-bond acceptors (Lipinski definition) is 5. The smallest absolute Gasteiger partial charge is 0.187 e. The van der Waals surface area contributed by atoms with Crippen LogP contribution >= 0.6 is 0 Å². The van der Waals surface area contributed by atoms with Crippen molar-refractivity contribution in [2.75, 3.05) is 27.2 Å². The molecule has 3 rings (SSSR count). The first-order chi connectivity index (χ1) is 15.5. The fraction of sp³-hybridized carbons (Fsp3) is 0.296. The largest absolute Gasteiger partial charge is 0.493 e. The van der Waals surface area contributed by atoms with Crippen LogP contribution in [0.4, 0.5) is 0 Å². The van der Waals surface area contributed by atoms with E-state index in [1.165, 1.54) is 6.08 Å². The third kappa shape index (κ3) is 6.19. The standard InChI is InChI=1S/C27H32N2O3/c1-20(27(31)21-10-5-4-6-11-21)28-17-16-25(30)23-14-15-26(32-19-9-18-29(2)3)24-13-8-7-12-22(23)24/h4-8,10-17,20,27-28,31H,9,18-19H2,1-3H3/b17-16+. The van der Waals surface area contributed by atoms with E-state index in [9.17, 15) is 9.90 Å². The number of aliphatic hydroxyl groups is 1. The minimum absolute atomic E-state index is 0.103. The third-order valence-electron chi connectivity index (χ3n) is 5.37. The summed E-state index contributed by atoms with van der Waals surface area (Å²) in [6, 6.07) is 20.7. The Morgan fingerprint density at radius 1 is 1.03 bits per heavy atom. The summed E-state index contributed by atoms with van der Waals surface area (Å²) < 4.78 is 5.99. The number of carbonyl (C=O) groups is 1. The fourth-order valence-corrected chi connectivity index (χ4v) is 3.57. The number of nitrogens with one attached hydrogen (secondary N) is 1. The number of ether oxygens (including phenoxy) is 1. The maximum atomic E-state index is 12.9. The molecule has 0 heterocycles. The Labute approximate surface area is 190 Å². The molecule has 3 aromatic carbocycles. The lowest BCUT2D eigenvalue weighted by atomic mass is 10.0. The van der Waals surface area contributed by atoms with Gasteiger partial charge >= 0.3 is 0 Å². The van der Waals surface area contributed by atoms with Gasteiger partial charge in [0.2, 0.25) is 0 Å². The van der Waals surface area contributed by atoms with Crippen LogP contribution in [-0.2, 0) is 0 Å². The SMILES string of the molecule is CC(N/C=C/C(=O)c1ccc(OCCCN(C)C)c2ccccc12)C(O)c1ccccc1. The van der Waals surface area contributed by atoms with Crippen LogP contribution in [0.3, 0.4) is 0 Å². The second kappa shape index (κ2) is 11.5. The quantitative estimate of drug-likeness (QED) is 0.264. The lowest BCUT2D eigenvalue weighted by Crippen LogP contribution is -2.28. The summed E-state index contributed by atoms with van der Waals surface area (Å²) >= 11 is 0. The van der Waals surface area contributed by atoms with Gasteiger partial charge in [0, 0.05) is 29.8 Å². The van der Waals surface area contributed by atoms with E-state index in [1.54, 1.807) is 6.20 Å². The van der Waals surface area contributed by atoms with Crippen molar-refractivity contribution in [2.45, 2.75) is 25.5 Å². The van der Waals surface area contributed by atoms with Gasteiger partial charge in [-0.1, -0.05) is 54.6 Å². The number of carbonyl (C=O) groups excluding carboxylic acids is 1. The van der Waals surface area contributed by atoms with Gasteiger partial charge in [0.25, 0.3) is 0 Å². The molecular formula is C27H32N2O3. The summed E-state index contributed by atoms with van der Waals surface area (Å²) in [7, 11) is 4.09. The Hall–Kier alpha value is -3.15. The van der Waals surface area contributed by atoms with E-state index in [0.29, 0.717) is 12.2 Å². The van der Waals surface area contributed by atoms with Crippen molar-refractivity contribution in [3.63, 3.8) is 0 Å². The molecule has 0 aliphatic heterocycles. The van der Waals surface area contributed by atoms with Crippen molar-refractivity contribution in [2.24, 2.45) is 0 Å². The van der Waals surface area contributed by atoms with Crippen molar-refractivity contribution < 1.29 is 14.6 Å². The summed E-state index contributed by atoms with van der Waals surface area (Å²) in [6.07, 6.45) is 3.39. The minimum atomic E-state index is -0.666. The average Bonchev–Trinajstić information content (AvgIpc) is 2.81. The minimum Gasteiger partial charge on any atom is -0.493 e. The Balaban J connectivity index is 1.68. The van der Waals surface area contributed by atoms with E-state index >= 15 is 0 Å². The molecule has 5 nitrogen and oxygen atoms in total. The molecule has 32 heavy (non-hydrogen) atoms. The zero-order chi connectivity index (χ0) is 22.9. The van der Waals surface area contributed by atoms with E-state index in [1.807, 2.05) is 87.7 Å². The van der Waals surface area contributed by atoms with Gasteiger partial charge in [-0.25, -0.2) is 0 Å². The molecule has 0 aromatic heterocycles. The van der Waals surface area contributed by atoms with Crippen molar-refractivity contribution in [1.82, 2.24) is 10.2 Å². The first-order valence-corrected chi connectivity index (χ1v) is 11.0. The maximum absolute atomic E-state index is 12.9. The molecule has 3 aromatic rings. The van der Waals surface area contributed by atoms with Crippen LogP contribution in [0.25, 0.3) is 10.8 Å². The predicted molar refractivity (Wildman–Crippen MR) is 130 cm³/mol. The number of ketones is 1. The number of benzene rings is 3. The number of allylic oxidation sites excluding steroid dienone is 1. The van der Waals surface area contributed by atoms with Gasteiger partial charge in [0.05, 0.1) is 18.8 Å². The number of aliphatic hydroxyl groups excluding tert-OH is 1.